The van der Waals surface area contributed by atoms with Gasteiger partial charge in [-0.1, -0.05) is 20.8 Å². The van der Waals surface area contributed by atoms with Crippen molar-refractivity contribution in [2.75, 3.05) is 7.05 Å². The van der Waals surface area contributed by atoms with Crippen LogP contribution in [0.2, 0.25) is 0 Å². The number of nitrogens with zero attached hydrogens (tertiary/aromatic N) is 1. The third-order valence-corrected chi connectivity index (χ3v) is 3.97. The van der Waals surface area contributed by atoms with E-state index in [9.17, 15) is 4.79 Å². The van der Waals surface area contributed by atoms with Crippen LogP contribution >= 0.6 is 0 Å². The molecule has 0 bridgehead atoms. The molecule has 4 nitrogen and oxygen atoms in total. The Hall–Kier alpha value is -1.29. The fourth-order valence-corrected chi connectivity index (χ4v) is 2.60. The third kappa shape index (κ3) is 3.63. The van der Waals surface area contributed by atoms with Crippen molar-refractivity contribution in [1.29, 1.82) is 0 Å². The molecular formula is C16H26N2O2. The molecule has 1 fully saturated rings. The van der Waals surface area contributed by atoms with Gasteiger partial charge in [-0.05, 0) is 36.8 Å². The summed E-state index contributed by atoms with van der Waals surface area (Å²) < 4.78 is 5.82. The molecule has 1 aromatic heterocycles. The van der Waals surface area contributed by atoms with Crippen molar-refractivity contribution in [3.63, 3.8) is 0 Å². The van der Waals surface area contributed by atoms with Crippen molar-refractivity contribution in [1.82, 2.24) is 4.90 Å². The highest BCUT2D eigenvalue weighted by molar-refractivity contribution is 5.81. The maximum Gasteiger partial charge on any atom is 0.239 e. The first kappa shape index (κ1) is 15.1. The first-order chi connectivity index (χ1) is 9.38. The average molecular weight is 278 g/mol. The molecule has 0 aromatic carbocycles. The van der Waals surface area contributed by atoms with Crippen molar-refractivity contribution < 1.29 is 9.21 Å². The summed E-state index contributed by atoms with van der Waals surface area (Å²) in [6.07, 6.45) is 1.92. The van der Waals surface area contributed by atoms with Gasteiger partial charge in [-0.15, -0.1) is 0 Å². The summed E-state index contributed by atoms with van der Waals surface area (Å²) in [6.45, 7) is 6.87. The molecule has 112 valence electrons. The second-order valence-corrected chi connectivity index (χ2v) is 6.55. The van der Waals surface area contributed by atoms with Crippen LogP contribution in [0, 0.1) is 11.8 Å². The number of hydrogen-bond donors (Lipinski definition) is 1. The van der Waals surface area contributed by atoms with Crippen LogP contribution in [-0.4, -0.2) is 23.9 Å². The number of amides is 1. The van der Waals surface area contributed by atoms with E-state index >= 15 is 0 Å². The van der Waals surface area contributed by atoms with E-state index in [1.165, 1.54) is 6.42 Å². The Morgan fingerprint density at radius 3 is 2.70 bits per heavy atom. The number of rotatable bonds is 6. The quantitative estimate of drug-likeness (QED) is 0.870. The Bertz CT molecular complexity index is 467. The van der Waals surface area contributed by atoms with Crippen molar-refractivity contribution >= 4 is 5.91 Å². The van der Waals surface area contributed by atoms with E-state index in [4.69, 9.17) is 10.2 Å². The van der Waals surface area contributed by atoms with E-state index in [1.54, 1.807) is 11.9 Å². The normalized spacial score (nSPS) is 22.9. The van der Waals surface area contributed by atoms with Crippen LogP contribution < -0.4 is 5.73 Å². The lowest BCUT2D eigenvalue weighted by atomic mass is 10.0. The summed E-state index contributed by atoms with van der Waals surface area (Å²) >= 11 is 0. The molecule has 1 saturated carbocycles. The number of likely N-dealkylation sites (N-methyl/N-ethyl adjacent to an activating group) is 1. The standard InChI is InChI=1S/C16H26N2O2/c1-10(2)7-14(17)16(19)18(4)9-12-5-6-15(20-12)13-8-11(13)3/h5-6,10-11,13-14H,7-9,17H2,1-4H3. The number of carbonyl (C=O) groups excluding carboxylic acids is 1. The molecule has 1 heterocycles. The average Bonchev–Trinajstić information content (AvgIpc) is 2.91. The Labute approximate surface area is 121 Å². The summed E-state index contributed by atoms with van der Waals surface area (Å²) in [4.78, 5) is 13.8. The summed E-state index contributed by atoms with van der Waals surface area (Å²) in [5.41, 5.74) is 5.93. The van der Waals surface area contributed by atoms with Gasteiger partial charge in [-0.2, -0.15) is 0 Å². The van der Waals surface area contributed by atoms with Crippen LogP contribution in [0.3, 0.4) is 0 Å². The summed E-state index contributed by atoms with van der Waals surface area (Å²) in [6, 6.07) is 3.59. The maximum absolute atomic E-state index is 12.1. The lowest BCUT2D eigenvalue weighted by molar-refractivity contribution is -0.132. The second-order valence-electron chi connectivity index (χ2n) is 6.55. The van der Waals surface area contributed by atoms with Crippen LogP contribution in [0.4, 0.5) is 0 Å². The SMILES string of the molecule is CC(C)CC(N)C(=O)N(C)Cc1ccc(C2CC2C)o1. The van der Waals surface area contributed by atoms with Gasteiger partial charge in [0.2, 0.25) is 5.91 Å². The van der Waals surface area contributed by atoms with Crippen molar-refractivity contribution in [2.24, 2.45) is 17.6 Å². The van der Waals surface area contributed by atoms with Crippen molar-refractivity contribution in [3.05, 3.63) is 23.7 Å². The van der Waals surface area contributed by atoms with Gasteiger partial charge >= 0.3 is 0 Å². The predicted octanol–water partition coefficient (Wildman–Crippen LogP) is 2.73. The largest absolute Gasteiger partial charge is 0.464 e. The molecule has 3 unspecified atom stereocenters. The smallest absolute Gasteiger partial charge is 0.239 e. The second kappa shape index (κ2) is 6.00. The molecule has 1 aliphatic carbocycles. The van der Waals surface area contributed by atoms with E-state index in [0.717, 1.165) is 17.4 Å². The molecular weight excluding hydrogens is 252 g/mol. The topological polar surface area (TPSA) is 59.5 Å². The minimum atomic E-state index is -0.419. The van der Waals surface area contributed by atoms with Crippen LogP contribution in [-0.2, 0) is 11.3 Å². The summed E-state index contributed by atoms with van der Waals surface area (Å²) in [5, 5.41) is 0. The monoisotopic (exact) mass is 278 g/mol. The maximum atomic E-state index is 12.1. The van der Waals surface area contributed by atoms with Gasteiger partial charge in [0.1, 0.15) is 11.5 Å². The zero-order valence-corrected chi connectivity index (χ0v) is 12.9. The molecule has 20 heavy (non-hydrogen) atoms. The number of nitrogens with two attached hydrogens (primary N) is 1. The summed E-state index contributed by atoms with van der Waals surface area (Å²) in [7, 11) is 1.78. The van der Waals surface area contributed by atoms with Crippen LogP contribution in [0.25, 0.3) is 0 Å². The lowest BCUT2D eigenvalue weighted by Gasteiger charge is -2.21. The zero-order chi connectivity index (χ0) is 14.9. The highest BCUT2D eigenvalue weighted by Crippen LogP contribution is 2.47. The molecule has 1 aromatic rings. The molecule has 2 N–H and O–H groups in total. The van der Waals surface area contributed by atoms with Gasteiger partial charge in [0.05, 0.1) is 12.6 Å². The van der Waals surface area contributed by atoms with E-state index in [2.05, 4.69) is 20.8 Å². The Kier molecular flexibility index (Phi) is 4.53. The van der Waals surface area contributed by atoms with Crippen LogP contribution in [0.5, 0.6) is 0 Å². The molecule has 1 aliphatic rings. The van der Waals surface area contributed by atoms with Gasteiger partial charge in [0, 0.05) is 13.0 Å². The van der Waals surface area contributed by atoms with E-state index in [1.807, 2.05) is 12.1 Å². The minimum absolute atomic E-state index is 0.0172. The summed E-state index contributed by atoms with van der Waals surface area (Å²) in [5.74, 6) is 3.61. The molecule has 4 heteroatoms. The van der Waals surface area contributed by atoms with Crippen molar-refractivity contribution in [3.8, 4) is 0 Å². The molecule has 1 amide bonds. The first-order valence-corrected chi connectivity index (χ1v) is 7.47. The highest BCUT2D eigenvalue weighted by atomic mass is 16.3. The molecule has 0 saturated heterocycles. The Morgan fingerprint density at radius 2 is 2.15 bits per heavy atom. The predicted molar refractivity (Wildman–Crippen MR) is 79.1 cm³/mol. The molecule has 0 radical (unpaired) electrons. The molecule has 0 aliphatic heterocycles. The van der Waals surface area contributed by atoms with Gasteiger partial charge in [0.15, 0.2) is 0 Å². The van der Waals surface area contributed by atoms with Crippen LogP contribution in [0.15, 0.2) is 16.5 Å². The van der Waals surface area contributed by atoms with Crippen LogP contribution in [0.1, 0.15) is 51.1 Å². The van der Waals surface area contributed by atoms with Gasteiger partial charge in [-0.3, -0.25) is 4.79 Å². The number of carbonyl (C=O) groups is 1. The number of furan rings is 1. The van der Waals surface area contributed by atoms with Gasteiger partial charge < -0.3 is 15.1 Å². The molecule has 2 rings (SSSR count). The fourth-order valence-electron chi connectivity index (χ4n) is 2.60. The number of hydrogen-bond acceptors (Lipinski definition) is 3. The van der Waals surface area contributed by atoms with E-state index in [0.29, 0.717) is 24.8 Å². The Morgan fingerprint density at radius 1 is 1.50 bits per heavy atom. The first-order valence-electron chi connectivity index (χ1n) is 7.47. The van der Waals surface area contributed by atoms with E-state index < -0.39 is 6.04 Å². The van der Waals surface area contributed by atoms with Gasteiger partial charge in [0.25, 0.3) is 0 Å². The Balaban J connectivity index is 1.88. The van der Waals surface area contributed by atoms with Gasteiger partial charge in [-0.25, -0.2) is 0 Å². The molecule has 3 atom stereocenters. The molecule has 0 spiro atoms. The highest BCUT2D eigenvalue weighted by Gasteiger charge is 2.36. The third-order valence-electron chi connectivity index (χ3n) is 3.97. The zero-order valence-electron chi connectivity index (χ0n) is 12.9. The minimum Gasteiger partial charge on any atom is -0.464 e. The fraction of sp³-hybridized carbons (Fsp3) is 0.688. The van der Waals surface area contributed by atoms with E-state index in [-0.39, 0.29) is 5.91 Å². The van der Waals surface area contributed by atoms with Crippen molar-refractivity contribution in [2.45, 2.75) is 52.1 Å². The lowest BCUT2D eigenvalue weighted by Crippen LogP contribution is -2.42.